The van der Waals surface area contributed by atoms with Gasteiger partial charge in [0.15, 0.2) is 10.3 Å². The van der Waals surface area contributed by atoms with E-state index in [1.807, 2.05) is 6.92 Å². The van der Waals surface area contributed by atoms with E-state index in [1.165, 1.54) is 6.07 Å². The second-order valence-corrected chi connectivity index (χ2v) is 4.69. The molecular formula is C10H13Cl2N3O2. The first-order chi connectivity index (χ1) is 7.89. The Morgan fingerprint density at radius 1 is 1.53 bits per heavy atom. The van der Waals surface area contributed by atoms with Crippen molar-refractivity contribution in [1.29, 1.82) is 0 Å². The van der Waals surface area contributed by atoms with E-state index in [0.29, 0.717) is 12.1 Å². The van der Waals surface area contributed by atoms with Crippen LogP contribution in [0.1, 0.15) is 20.3 Å². The average molecular weight is 278 g/mol. The SMILES string of the molecule is CCC(C)(CNc1cc(Cl)nnc1Cl)C(=O)O. The van der Waals surface area contributed by atoms with Crippen LogP contribution in [-0.2, 0) is 4.79 Å². The molecule has 0 aliphatic carbocycles. The van der Waals surface area contributed by atoms with Gasteiger partial charge in [-0.3, -0.25) is 4.79 Å². The molecular weight excluding hydrogens is 265 g/mol. The van der Waals surface area contributed by atoms with Crippen molar-refractivity contribution in [3.05, 3.63) is 16.4 Å². The molecule has 1 heterocycles. The van der Waals surface area contributed by atoms with E-state index < -0.39 is 11.4 Å². The summed E-state index contributed by atoms with van der Waals surface area (Å²) in [5.41, 5.74) is -0.383. The Kier molecular flexibility index (Phi) is 4.54. The molecule has 1 aromatic rings. The van der Waals surface area contributed by atoms with E-state index in [2.05, 4.69) is 15.5 Å². The molecule has 1 aromatic heterocycles. The van der Waals surface area contributed by atoms with Crippen LogP contribution in [0.25, 0.3) is 0 Å². The molecule has 0 aliphatic heterocycles. The molecule has 2 N–H and O–H groups in total. The molecule has 0 aliphatic rings. The molecule has 7 heteroatoms. The van der Waals surface area contributed by atoms with Crippen LogP contribution >= 0.6 is 23.2 Å². The molecule has 17 heavy (non-hydrogen) atoms. The number of carbonyl (C=O) groups is 1. The summed E-state index contributed by atoms with van der Waals surface area (Å²) in [6, 6.07) is 1.51. The van der Waals surface area contributed by atoms with Gasteiger partial charge in [-0.25, -0.2) is 0 Å². The minimum absolute atomic E-state index is 0.165. The van der Waals surface area contributed by atoms with E-state index in [4.69, 9.17) is 28.3 Å². The monoisotopic (exact) mass is 277 g/mol. The van der Waals surface area contributed by atoms with Crippen molar-refractivity contribution in [1.82, 2.24) is 10.2 Å². The van der Waals surface area contributed by atoms with Gasteiger partial charge in [0.05, 0.1) is 11.1 Å². The topological polar surface area (TPSA) is 75.1 Å². The number of carboxylic acids is 1. The van der Waals surface area contributed by atoms with Gasteiger partial charge in [-0.1, -0.05) is 30.1 Å². The molecule has 0 amide bonds. The number of hydrogen-bond acceptors (Lipinski definition) is 4. The lowest BCUT2D eigenvalue weighted by atomic mass is 9.88. The lowest BCUT2D eigenvalue weighted by Gasteiger charge is -2.23. The summed E-state index contributed by atoms with van der Waals surface area (Å²) < 4.78 is 0. The minimum atomic E-state index is -0.864. The first-order valence-corrected chi connectivity index (χ1v) is 5.80. The Labute approximate surface area is 109 Å². The van der Waals surface area contributed by atoms with Crippen LogP contribution in [0, 0.1) is 5.41 Å². The quantitative estimate of drug-likeness (QED) is 0.866. The fraction of sp³-hybridized carbons (Fsp3) is 0.500. The molecule has 0 saturated heterocycles. The number of halogens is 2. The fourth-order valence-corrected chi connectivity index (χ4v) is 1.43. The third kappa shape index (κ3) is 3.44. The number of anilines is 1. The number of hydrogen-bond donors (Lipinski definition) is 2. The Morgan fingerprint density at radius 2 is 2.18 bits per heavy atom. The lowest BCUT2D eigenvalue weighted by Crippen LogP contribution is -2.34. The molecule has 94 valence electrons. The predicted molar refractivity (Wildman–Crippen MR) is 66.6 cm³/mol. The molecule has 0 bridgehead atoms. The van der Waals surface area contributed by atoms with Crippen molar-refractivity contribution in [2.45, 2.75) is 20.3 Å². The summed E-state index contributed by atoms with van der Waals surface area (Å²) in [6.45, 7) is 3.71. The number of aliphatic carboxylic acids is 1. The van der Waals surface area contributed by atoms with E-state index in [9.17, 15) is 4.79 Å². The molecule has 1 atom stereocenters. The zero-order chi connectivity index (χ0) is 13.1. The molecule has 5 nitrogen and oxygen atoms in total. The van der Waals surface area contributed by atoms with Crippen LogP contribution in [0.5, 0.6) is 0 Å². The highest BCUT2D eigenvalue weighted by molar-refractivity contribution is 6.33. The molecule has 0 saturated carbocycles. The van der Waals surface area contributed by atoms with Crippen molar-refractivity contribution in [3.63, 3.8) is 0 Å². The number of nitrogens with one attached hydrogen (secondary N) is 1. The lowest BCUT2D eigenvalue weighted by molar-refractivity contribution is -0.147. The number of nitrogens with zero attached hydrogens (tertiary/aromatic N) is 2. The van der Waals surface area contributed by atoms with Crippen LogP contribution in [-0.4, -0.2) is 27.8 Å². The van der Waals surface area contributed by atoms with E-state index in [-0.39, 0.29) is 16.9 Å². The third-order valence-electron chi connectivity index (χ3n) is 2.68. The Morgan fingerprint density at radius 3 is 2.71 bits per heavy atom. The van der Waals surface area contributed by atoms with Crippen molar-refractivity contribution in [2.24, 2.45) is 5.41 Å². The number of carboxylic acid groups (broad SMARTS) is 1. The summed E-state index contributed by atoms with van der Waals surface area (Å²) in [4.78, 5) is 11.1. The van der Waals surface area contributed by atoms with Gasteiger partial charge in [0.1, 0.15) is 0 Å². The summed E-state index contributed by atoms with van der Waals surface area (Å²) >= 11 is 11.5. The second kappa shape index (κ2) is 5.51. The zero-order valence-electron chi connectivity index (χ0n) is 9.50. The van der Waals surface area contributed by atoms with Gasteiger partial charge in [0, 0.05) is 12.6 Å². The highest BCUT2D eigenvalue weighted by atomic mass is 35.5. The Balaban J connectivity index is 2.79. The van der Waals surface area contributed by atoms with Crippen LogP contribution in [0.2, 0.25) is 10.3 Å². The Hall–Kier alpha value is -1.07. The normalized spacial score (nSPS) is 14.1. The first kappa shape index (κ1) is 14.0. The maximum Gasteiger partial charge on any atom is 0.311 e. The van der Waals surface area contributed by atoms with Gasteiger partial charge in [-0.2, -0.15) is 0 Å². The average Bonchev–Trinajstić information content (AvgIpc) is 2.29. The predicted octanol–water partition coefficient (Wildman–Crippen LogP) is 2.70. The van der Waals surface area contributed by atoms with Crippen LogP contribution < -0.4 is 5.32 Å². The zero-order valence-corrected chi connectivity index (χ0v) is 11.0. The number of aromatic nitrogens is 2. The van der Waals surface area contributed by atoms with Gasteiger partial charge in [-0.05, 0) is 13.3 Å². The molecule has 0 aromatic carbocycles. The Bertz CT molecular complexity index is 428. The fourth-order valence-electron chi connectivity index (χ4n) is 1.12. The maximum absolute atomic E-state index is 11.1. The van der Waals surface area contributed by atoms with Gasteiger partial charge < -0.3 is 10.4 Å². The minimum Gasteiger partial charge on any atom is -0.481 e. The van der Waals surface area contributed by atoms with Crippen molar-refractivity contribution in [2.75, 3.05) is 11.9 Å². The van der Waals surface area contributed by atoms with Gasteiger partial charge >= 0.3 is 5.97 Å². The summed E-state index contributed by atoms with van der Waals surface area (Å²) in [5.74, 6) is -0.864. The molecule has 0 fully saturated rings. The van der Waals surface area contributed by atoms with Crippen molar-refractivity contribution in [3.8, 4) is 0 Å². The van der Waals surface area contributed by atoms with Gasteiger partial charge in [0.2, 0.25) is 0 Å². The highest BCUT2D eigenvalue weighted by Crippen LogP contribution is 2.25. The van der Waals surface area contributed by atoms with E-state index >= 15 is 0 Å². The van der Waals surface area contributed by atoms with Gasteiger partial charge in [-0.15, -0.1) is 10.2 Å². The van der Waals surface area contributed by atoms with Crippen LogP contribution in [0.4, 0.5) is 5.69 Å². The molecule has 0 radical (unpaired) electrons. The standard InChI is InChI=1S/C10H13Cl2N3O2/c1-3-10(2,9(16)17)5-13-6-4-7(11)14-15-8(6)12/h4H,3,5H2,1-2H3,(H,13,14)(H,16,17). The summed E-state index contributed by atoms with van der Waals surface area (Å²) in [7, 11) is 0. The smallest absolute Gasteiger partial charge is 0.311 e. The van der Waals surface area contributed by atoms with E-state index in [1.54, 1.807) is 6.92 Å². The second-order valence-electron chi connectivity index (χ2n) is 3.94. The van der Waals surface area contributed by atoms with Crippen LogP contribution in [0.3, 0.4) is 0 Å². The molecule has 1 unspecified atom stereocenters. The van der Waals surface area contributed by atoms with Crippen LogP contribution in [0.15, 0.2) is 6.07 Å². The van der Waals surface area contributed by atoms with Crippen molar-refractivity contribution >= 4 is 34.9 Å². The first-order valence-electron chi connectivity index (χ1n) is 5.05. The largest absolute Gasteiger partial charge is 0.481 e. The van der Waals surface area contributed by atoms with Crippen molar-refractivity contribution < 1.29 is 9.90 Å². The maximum atomic E-state index is 11.1. The third-order valence-corrected chi connectivity index (χ3v) is 3.15. The summed E-state index contributed by atoms with van der Waals surface area (Å²) in [6.07, 6.45) is 0.499. The molecule has 1 rings (SSSR count). The summed E-state index contributed by atoms with van der Waals surface area (Å²) in [5, 5.41) is 19.6. The molecule has 0 spiro atoms. The highest BCUT2D eigenvalue weighted by Gasteiger charge is 2.31. The van der Waals surface area contributed by atoms with E-state index in [0.717, 1.165) is 0 Å². The number of rotatable bonds is 5. The van der Waals surface area contributed by atoms with Gasteiger partial charge in [0.25, 0.3) is 0 Å².